The number of nitrogens with zero attached hydrogens (tertiary/aromatic N) is 2. The third kappa shape index (κ3) is 10.0. The third-order valence-corrected chi connectivity index (χ3v) is 6.38. The molecule has 10 nitrogen and oxygen atoms in total. The molecule has 10 heteroatoms. The minimum absolute atomic E-state index is 0.110. The van der Waals surface area contributed by atoms with Crippen LogP contribution in [0.3, 0.4) is 0 Å². The van der Waals surface area contributed by atoms with Crippen LogP contribution in [-0.2, 0) is 30.5 Å². The summed E-state index contributed by atoms with van der Waals surface area (Å²) in [5, 5.41) is 5.28. The van der Waals surface area contributed by atoms with Crippen LogP contribution in [0.15, 0.2) is 79.3 Å². The third-order valence-electron chi connectivity index (χ3n) is 6.38. The van der Waals surface area contributed by atoms with Gasteiger partial charge < -0.3 is 29.5 Å². The Hall–Kier alpha value is -4.57. The van der Waals surface area contributed by atoms with E-state index in [1.54, 1.807) is 38.5 Å². The Bertz CT molecular complexity index is 1420. The molecule has 228 valence electrons. The van der Waals surface area contributed by atoms with Gasteiger partial charge in [0.2, 0.25) is 5.91 Å². The first-order valence-corrected chi connectivity index (χ1v) is 14.0. The first-order chi connectivity index (χ1) is 20.3. The zero-order chi connectivity index (χ0) is 31.6. The topological polar surface area (TPSA) is 129 Å². The van der Waals surface area contributed by atoms with Gasteiger partial charge >= 0.3 is 6.09 Å². The summed E-state index contributed by atoms with van der Waals surface area (Å²) in [6.45, 7) is 10.0. The molecule has 3 aromatic rings. The van der Waals surface area contributed by atoms with Crippen molar-refractivity contribution in [1.29, 1.82) is 0 Å². The van der Waals surface area contributed by atoms with E-state index in [0.717, 1.165) is 17.4 Å². The molecule has 0 radical (unpaired) electrons. The molecular formula is C33H40N4O6. The predicted molar refractivity (Wildman–Crippen MR) is 163 cm³/mol. The maximum Gasteiger partial charge on any atom is 0.408 e. The maximum atomic E-state index is 13.5. The monoisotopic (exact) mass is 588 g/mol. The number of allylic oxidation sites excluding steroid dienone is 1. The highest BCUT2D eigenvalue weighted by molar-refractivity contribution is 6.02. The SMILES string of the molecule is CC(=CC(=O)[C@@H](COCc1ccccc1)NC(=O)C(C)(C)NC(=O)OC(C)(C)C)c1cn(C(C=O)c2ccccc2)cn1. The van der Waals surface area contributed by atoms with Crippen LogP contribution in [0.4, 0.5) is 4.79 Å². The predicted octanol–water partition coefficient (Wildman–Crippen LogP) is 4.65. The quantitative estimate of drug-likeness (QED) is 0.220. The van der Waals surface area contributed by atoms with Crippen molar-refractivity contribution in [1.82, 2.24) is 20.2 Å². The van der Waals surface area contributed by atoms with E-state index in [1.807, 2.05) is 60.7 Å². The molecule has 0 spiro atoms. The number of rotatable bonds is 13. The lowest BCUT2D eigenvalue weighted by molar-refractivity contribution is -0.131. The number of ketones is 1. The summed E-state index contributed by atoms with van der Waals surface area (Å²) in [7, 11) is 0. The van der Waals surface area contributed by atoms with E-state index >= 15 is 0 Å². The zero-order valence-electron chi connectivity index (χ0n) is 25.5. The maximum absolute atomic E-state index is 13.5. The molecule has 0 aliphatic rings. The van der Waals surface area contributed by atoms with E-state index in [0.29, 0.717) is 11.3 Å². The molecule has 2 atom stereocenters. The molecule has 43 heavy (non-hydrogen) atoms. The van der Waals surface area contributed by atoms with Gasteiger partial charge in [0.1, 0.15) is 29.5 Å². The van der Waals surface area contributed by atoms with Crippen LogP contribution in [0, 0.1) is 0 Å². The van der Waals surface area contributed by atoms with Crippen molar-refractivity contribution < 1.29 is 28.7 Å². The summed E-state index contributed by atoms with van der Waals surface area (Å²) in [6.07, 6.45) is 4.69. The number of carbonyl (C=O) groups is 4. The van der Waals surface area contributed by atoms with Gasteiger partial charge in [0.25, 0.3) is 0 Å². The van der Waals surface area contributed by atoms with Crippen molar-refractivity contribution in [3.8, 4) is 0 Å². The lowest BCUT2D eigenvalue weighted by atomic mass is 10.0. The molecule has 0 bridgehead atoms. The second-order valence-electron chi connectivity index (χ2n) is 11.7. The van der Waals surface area contributed by atoms with Crippen LogP contribution in [0.2, 0.25) is 0 Å². The second kappa shape index (κ2) is 14.6. The first-order valence-electron chi connectivity index (χ1n) is 14.0. The standard InChI is InChI=1S/C33H40N4O6/c1-23(26-18-37(22-34-26)28(19-38)25-15-11-8-12-16-25)17-29(39)27(21-42-20-24-13-9-7-10-14-24)35-30(40)33(5,6)36-31(41)43-32(2,3)4/h7-19,22,27-28H,20-21H2,1-6H3,(H,35,40)(H,36,41)/t27-,28?/m1/s1. The average Bonchev–Trinajstić information content (AvgIpc) is 3.42. The number of hydrogen-bond acceptors (Lipinski definition) is 7. The average molecular weight is 589 g/mol. The van der Waals surface area contributed by atoms with Crippen LogP contribution in [0.5, 0.6) is 0 Å². The summed E-state index contributed by atoms with van der Waals surface area (Å²) in [5.74, 6) is -1.01. The number of imidazole rings is 1. The molecule has 1 unspecified atom stereocenters. The number of benzene rings is 2. The number of aromatic nitrogens is 2. The smallest absolute Gasteiger partial charge is 0.408 e. The van der Waals surface area contributed by atoms with Crippen LogP contribution in [-0.4, -0.2) is 57.4 Å². The fourth-order valence-electron chi connectivity index (χ4n) is 4.07. The summed E-state index contributed by atoms with van der Waals surface area (Å²) >= 11 is 0. The fraction of sp³-hybridized carbons (Fsp3) is 0.364. The Morgan fingerprint density at radius 2 is 1.60 bits per heavy atom. The fourth-order valence-corrected chi connectivity index (χ4v) is 4.07. The van der Waals surface area contributed by atoms with Gasteiger partial charge in [0.15, 0.2) is 5.78 Å². The zero-order valence-corrected chi connectivity index (χ0v) is 25.5. The summed E-state index contributed by atoms with van der Waals surface area (Å²) in [6, 6.07) is 17.1. The first kappa shape index (κ1) is 32.9. The van der Waals surface area contributed by atoms with Crippen molar-refractivity contribution in [2.45, 2.75) is 71.4 Å². The number of aldehydes is 1. The highest BCUT2D eigenvalue weighted by Crippen LogP contribution is 2.19. The Kier molecular flexibility index (Phi) is 11.1. The molecule has 0 aliphatic heterocycles. The van der Waals surface area contributed by atoms with E-state index < -0.39 is 41.0 Å². The molecule has 1 aromatic heterocycles. The van der Waals surface area contributed by atoms with Crippen LogP contribution >= 0.6 is 0 Å². The van der Waals surface area contributed by atoms with Crippen molar-refractivity contribution in [3.05, 3.63) is 96.1 Å². The van der Waals surface area contributed by atoms with Gasteiger partial charge in [0, 0.05) is 6.20 Å². The number of hydrogen-bond donors (Lipinski definition) is 2. The van der Waals surface area contributed by atoms with Gasteiger partial charge in [-0.05, 0) is 64.3 Å². The van der Waals surface area contributed by atoms with Crippen molar-refractivity contribution >= 4 is 29.6 Å². The summed E-state index contributed by atoms with van der Waals surface area (Å²) in [4.78, 5) is 55.3. The van der Waals surface area contributed by atoms with Crippen molar-refractivity contribution in [3.63, 3.8) is 0 Å². The number of nitrogens with one attached hydrogen (secondary N) is 2. The Labute approximate surface area is 252 Å². The summed E-state index contributed by atoms with van der Waals surface area (Å²) in [5.41, 5.74) is 0.613. The van der Waals surface area contributed by atoms with Gasteiger partial charge in [-0.15, -0.1) is 0 Å². The molecule has 3 rings (SSSR count). The molecule has 2 N–H and O–H groups in total. The van der Waals surface area contributed by atoms with E-state index in [1.165, 1.54) is 26.3 Å². The molecular weight excluding hydrogens is 548 g/mol. The number of carbonyl (C=O) groups excluding carboxylic acids is 4. The van der Waals surface area contributed by atoms with Gasteiger partial charge in [-0.3, -0.25) is 9.59 Å². The molecule has 0 saturated carbocycles. The molecule has 0 fully saturated rings. The van der Waals surface area contributed by atoms with Crippen LogP contribution in [0.25, 0.3) is 5.57 Å². The largest absolute Gasteiger partial charge is 0.444 e. The second-order valence-corrected chi connectivity index (χ2v) is 11.7. The molecule has 0 aliphatic carbocycles. The van der Waals surface area contributed by atoms with E-state index in [9.17, 15) is 19.2 Å². The number of alkyl carbamates (subject to hydrolysis) is 1. The van der Waals surface area contributed by atoms with Crippen molar-refractivity contribution in [2.75, 3.05) is 6.61 Å². The minimum Gasteiger partial charge on any atom is -0.444 e. The minimum atomic E-state index is -1.39. The molecule has 0 saturated heterocycles. The molecule has 2 amide bonds. The van der Waals surface area contributed by atoms with Crippen molar-refractivity contribution in [2.24, 2.45) is 0 Å². The highest BCUT2D eigenvalue weighted by atomic mass is 16.6. The van der Waals surface area contributed by atoms with Gasteiger partial charge in [-0.25, -0.2) is 9.78 Å². The van der Waals surface area contributed by atoms with Crippen LogP contribution in [0.1, 0.15) is 64.4 Å². The molecule has 2 aromatic carbocycles. The molecule has 1 heterocycles. The number of amides is 2. The van der Waals surface area contributed by atoms with Gasteiger partial charge in [-0.1, -0.05) is 60.7 Å². The van der Waals surface area contributed by atoms with Gasteiger partial charge in [0.05, 0.1) is 25.2 Å². The lowest BCUT2D eigenvalue weighted by Crippen LogP contribution is -2.59. The van der Waals surface area contributed by atoms with E-state index in [2.05, 4.69) is 15.6 Å². The summed E-state index contributed by atoms with van der Waals surface area (Å²) < 4.78 is 12.8. The highest BCUT2D eigenvalue weighted by Gasteiger charge is 2.34. The Morgan fingerprint density at radius 3 is 2.21 bits per heavy atom. The Balaban J connectivity index is 1.77. The van der Waals surface area contributed by atoms with E-state index in [-0.39, 0.29) is 13.2 Å². The number of ether oxygens (including phenoxy) is 2. The van der Waals surface area contributed by atoms with Gasteiger partial charge in [-0.2, -0.15) is 0 Å². The van der Waals surface area contributed by atoms with Crippen LogP contribution < -0.4 is 10.6 Å². The normalized spacial score (nSPS) is 13.5. The van der Waals surface area contributed by atoms with E-state index in [4.69, 9.17) is 9.47 Å². The Morgan fingerprint density at radius 1 is 0.977 bits per heavy atom. The lowest BCUT2D eigenvalue weighted by Gasteiger charge is -2.29.